The molecule has 154 valence electrons. The lowest BCUT2D eigenvalue weighted by Crippen LogP contribution is -2.10. The minimum atomic E-state index is -0.309. The molecule has 7 nitrogen and oxygen atoms in total. The molecule has 0 spiro atoms. The lowest BCUT2D eigenvalue weighted by molar-refractivity contribution is 0.184. The van der Waals surface area contributed by atoms with Crippen LogP contribution in [0.3, 0.4) is 0 Å². The van der Waals surface area contributed by atoms with E-state index in [9.17, 15) is 4.39 Å². The van der Waals surface area contributed by atoms with Crippen molar-refractivity contribution in [2.75, 3.05) is 13.7 Å². The largest absolute Gasteiger partial charge is 0.420 e. The Kier molecular flexibility index (Phi) is 6.50. The fourth-order valence-corrected chi connectivity index (χ4v) is 3.71. The molecule has 0 saturated carbocycles. The zero-order valence-corrected chi connectivity index (χ0v) is 17.2. The van der Waals surface area contributed by atoms with E-state index >= 15 is 0 Å². The topological polar surface area (TPSA) is 78.9 Å². The van der Waals surface area contributed by atoms with Gasteiger partial charge in [-0.1, -0.05) is 42.1 Å². The molecule has 2 aromatic carbocycles. The van der Waals surface area contributed by atoms with Crippen LogP contribution >= 0.6 is 11.8 Å². The SMILES string of the molecule is COCCn1c(Cc2ccccc2)nnc1SCc1nnc(-c2ccc(F)cc2)o1. The third kappa shape index (κ3) is 4.92. The first-order valence-corrected chi connectivity index (χ1v) is 10.4. The fraction of sp³-hybridized carbons (Fsp3) is 0.238. The highest BCUT2D eigenvalue weighted by Gasteiger charge is 2.15. The van der Waals surface area contributed by atoms with Crippen molar-refractivity contribution in [1.29, 1.82) is 0 Å². The second-order valence-corrected chi connectivity index (χ2v) is 7.44. The number of methoxy groups -OCH3 is 1. The smallest absolute Gasteiger partial charge is 0.247 e. The van der Waals surface area contributed by atoms with E-state index in [-0.39, 0.29) is 5.82 Å². The van der Waals surface area contributed by atoms with Gasteiger partial charge in [0.1, 0.15) is 11.6 Å². The van der Waals surface area contributed by atoms with E-state index in [2.05, 4.69) is 37.1 Å². The molecule has 0 radical (unpaired) electrons. The van der Waals surface area contributed by atoms with Crippen LogP contribution in [0.1, 0.15) is 17.3 Å². The number of hydrogen-bond donors (Lipinski definition) is 0. The van der Waals surface area contributed by atoms with Crippen LogP contribution in [0.25, 0.3) is 11.5 Å². The van der Waals surface area contributed by atoms with Gasteiger partial charge >= 0.3 is 0 Å². The van der Waals surface area contributed by atoms with Crippen molar-refractivity contribution in [2.45, 2.75) is 23.9 Å². The van der Waals surface area contributed by atoms with Gasteiger partial charge in [-0.3, -0.25) is 0 Å². The van der Waals surface area contributed by atoms with Gasteiger partial charge in [0.15, 0.2) is 5.16 Å². The van der Waals surface area contributed by atoms with Gasteiger partial charge in [-0.05, 0) is 29.8 Å². The number of nitrogens with zero attached hydrogens (tertiary/aromatic N) is 5. The first kappa shape index (κ1) is 20.2. The number of hydrogen-bond acceptors (Lipinski definition) is 7. The molecule has 4 rings (SSSR count). The minimum absolute atomic E-state index is 0.309. The molecule has 9 heteroatoms. The minimum Gasteiger partial charge on any atom is -0.420 e. The van der Waals surface area contributed by atoms with Crippen LogP contribution in [-0.4, -0.2) is 38.7 Å². The van der Waals surface area contributed by atoms with Crippen molar-refractivity contribution in [3.63, 3.8) is 0 Å². The second kappa shape index (κ2) is 9.64. The van der Waals surface area contributed by atoms with E-state index in [0.29, 0.717) is 42.7 Å². The van der Waals surface area contributed by atoms with E-state index in [4.69, 9.17) is 9.15 Å². The molecule has 0 aliphatic carbocycles. The summed E-state index contributed by atoms with van der Waals surface area (Å²) in [6, 6.07) is 16.1. The lowest BCUT2D eigenvalue weighted by atomic mass is 10.1. The van der Waals surface area contributed by atoms with Gasteiger partial charge in [-0.15, -0.1) is 20.4 Å². The Morgan fingerprint density at radius 2 is 1.80 bits per heavy atom. The maximum Gasteiger partial charge on any atom is 0.247 e. The Morgan fingerprint density at radius 1 is 1.00 bits per heavy atom. The monoisotopic (exact) mass is 425 g/mol. The number of thioether (sulfide) groups is 1. The summed E-state index contributed by atoms with van der Waals surface area (Å²) in [6.07, 6.45) is 0.688. The highest BCUT2D eigenvalue weighted by atomic mass is 32.2. The molecule has 4 aromatic rings. The van der Waals surface area contributed by atoms with Gasteiger partial charge in [0.25, 0.3) is 0 Å². The molecule has 0 fully saturated rings. The summed E-state index contributed by atoms with van der Waals surface area (Å²) in [5.41, 5.74) is 1.84. The van der Waals surface area contributed by atoms with Crippen molar-refractivity contribution in [3.05, 3.63) is 77.7 Å². The molecule has 0 N–H and O–H groups in total. The van der Waals surface area contributed by atoms with Crippen molar-refractivity contribution in [3.8, 4) is 11.5 Å². The highest BCUT2D eigenvalue weighted by molar-refractivity contribution is 7.98. The van der Waals surface area contributed by atoms with Crippen LogP contribution in [0.2, 0.25) is 0 Å². The van der Waals surface area contributed by atoms with Crippen molar-refractivity contribution in [2.24, 2.45) is 0 Å². The van der Waals surface area contributed by atoms with Gasteiger partial charge < -0.3 is 13.7 Å². The van der Waals surface area contributed by atoms with Crippen LogP contribution in [0.15, 0.2) is 64.2 Å². The molecule has 0 amide bonds. The first-order valence-electron chi connectivity index (χ1n) is 9.39. The van der Waals surface area contributed by atoms with Crippen LogP contribution < -0.4 is 0 Å². The third-order valence-electron chi connectivity index (χ3n) is 4.40. The normalized spacial score (nSPS) is 11.1. The molecule has 0 aliphatic rings. The van der Waals surface area contributed by atoms with Crippen molar-refractivity contribution in [1.82, 2.24) is 25.0 Å². The average molecular weight is 425 g/mol. The van der Waals surface area contributed by atoms with Crippen molar-refractivity contribution >= 4 is 11.8 Å². The Labute approximate surface area is 177 Å². The zero-order valence-electron chi connectivity index (χ0n) is 16.4. The van der Waals surface area contributed by atoms with Crippen molar-refractivity contribution < 1.29 is 13.5 Å². The fourth-order valence-electron chi connectivity index (χ4n) is 2.89. The summed E-state index contributed by atoms with van der Waals surface area (Å²) in [7, 11) is 1.67. The summed E-state index contributed by atoms with van der Waals surface area (Å²) >= 11 is 1.47. The van der Waals surface area contributed by atoms with Crippen LogP contribution in [0.4, 0.5) is 4.39 Å². The molecule has 2 aromatic heterocycles. The first-order chi connectivity index (χ1) is 14.7. The van der Waals surface area contributed by atoms with Gasteiger partial charge in [0.05, 0.1) is 12.4 Å². The molecule has 0 unspecified atom stereocenters. The molecular formula is C21H20FN5O2S. The number of halogens is 1. The molecule has 0 saturated heterocycles. The molecule has 2 heterocycles. The van der Waals surface area contributed by atoms with E-state index < -0.39 is 0 Å². The predicted octanol–water partition coefficient (Wildman–Crippen LogP) is 4.00. The van der Waals surface area contributed by atoms with Gasteiger partial charge in [0.2, 0.25) is 11.8 Å². The van der Waals surface area contributed by atoms with Crippen LogP contribution in [-0.2, 0) is 23.5 Å². The van der Waals surface area contributed by atoms with Gasteiger partial charge in [0, 0.05) is 25.6 Å². The Morgan fingerprint density at radius 3 is 2.57 bits per heavy atom. The summed E-state index contributed by atoms with van der Waals surface area (Å²) in [5, 5.41) is 17.6. The molecule has 0 atom stereocenters. The molecule has 0 bridgehead atoms. The number of ether oxygens (including phenoxy) is 1. The van der Waals surface area contributed by atoms with E-state index in [1.807, 2.05) is 18.2 Å². The van der Waals surface area contributed by atoms with E-state index in [1.54, 1.807) is 19.2 Å². The second-order valence-electron chi connectivity index (χ2n) is 6.50. The molecular weight excluding hydrogens is 405 g/mol. The van der Waals surface area contributed by atoms with E-state index in [1.165, 1.54) is 29.5 Å². The van der Waals surface area contributed by atoms with Gasteiger partial charge in [-0.25, -0.2) is 4.39 Å². The average Bonchev–Trinajstić information content (AvgIpc) is 3.39. The van der Waals surface area contributed by atoms with E-state index in [0.717, 1.165) is 11.0 Å². The predicted molar refractivity (Wildman–Crippen MR) is 110 cm³/mol. The summed E-state index contributed by atoms with van der Waals surface area (Å²) in [4.78, 5) is 0. The molecule has 30 heavy (non-hydrogen) atoms. The Bertz CT molecular complexity index is 1080. The van der Waals surface area contributed by atoms with Gasteiger partial charge in [-0.2, -0.15) is 0 Å². The van der Waals surface area contributed by atoms with Crippen LogP contribution in [0, 0.1) is 5.82 Å². The lowest BCUT2D eigenvalue weighted by Gasteiger charge is -2.09. The Hall–Kier alpha value is -3.04. The number of aromatic nitrogens is 5. The standard InChI is InChI=1S/C21H20FN5O2S/c1-28-12-11-27-18(13-15-5-3-2-4-6-15)23-26-21(27)30-14-19-24-25-20(29-19)16-7-9-17(22)10-8-16/h2-10H,11-14H2,1H3. The third-order valence-corrected chi connectivity index (χ3v) is 5.35. The highest BCUT2D eigenvalue weighted by Crippen LogP contribution is 2.25. The quantitative estimate of drug-likeness (QED) is 0.375. The molecule has 0 aliphatic heterocycles. The summed E-state index contributed by atoms with van der Waals surface area (Å²) in [5.74, 6) is 1.83. The van der Waals surface area contributed by atoms with Crippen LogP contribution in [0.5, 0.6) is 0 Å². The summed E-state index contributed by atoms with van der Waals surface area (Å²) in [6.45, 7) is 1.21. The maximum absolute atomic E-state index is 13.1. The number of rotatable bonds is 9. The number of benzene rings is 2. The Balaban J connectivity index is 1.47. The summed E-state index contributed by atoms with van der Waals surface area (Å²) < 4.78 is 26.1. The zero-order chi connectivity index (χ0) is 20.8. The maximum atomic E-state index is 13.1.